The quantitative estimate of drug-likeness (QED) is 0.155. The van der Waals surface area contributed by atoms with Gasteiger partial charge in [-0.15, -0.1) is 0 Å². The number of amides is 2. The van der Waals surface area contributed by atoms with E-state index < -0.39 is 31.4 Å². The molecule has 324 valence electrons. The monoisotopic (exact) mass is 850 g/mol. The van der Waals surface area contributed by atoms with Crippen molar-refractivity contribution in [2.45, 2.75) is 164 Å². The normalized spacial score (nSPS) is 24.6. The second-order valence-corrected chi connectivity index (χ2v) is 20.9. The minimum Gasteiger partial charge on any atom is -0.444 e. The predicted octanol–water partition coefficient (Wildman–Crippen LogP) is 7.29. The summed E-state index contributed by atoms with van der Waals surface area (Å²) < 4.78 is 81.8. The Labute approximate surface area is 345 Å². The van der Waals surface area contributed by atoms with Crippen molar-refractivity contribution in [3.8, 4) is 0 Å². The van der Waals surface area contributed by atoms with Gasteiger partial charge in [0.15, 0.2) is 0 Å². The fraction of sp³-hybridized carbons (Fsp3) is 0.667. The summed E-state index contributed by atoms with van der Waals surface area (Å²) in [7, 11) is -7.55. The van der Waals surface area contributed by atoms with E-state index in [2.05, 4.69) is 0 Å². The third-order valence-corrected chi connectivity index (χ3v) is 13.2. The predicted molar refractivity (Wildman–Crippen MR) is 216 cm³/mol. The van der Waals surface area contributed by atoms with Gasteiger partial charge in [0.05, 0.1) is 48.4 Å². The first-order valence-electron chi connectivity index (χ1n) is 20.3. The van der Waals surface area contributed by atoms with Gasteiger partial charge in [0.1, 0.15) is 11.2 Å². The standard InChI is InChI=1S/2C21H31NO6S/c2*1-15-5-9-19(10-6-15)29(24,25)27-12-11-26-18-13-16-7-8-17(14-18)22(16)20(23)28-21(2,3)4/h2*5-6,9-10,16-18H,7-8,11-14H2,1-4H3/t2*16-,17+,18?. The first-order valence-corrected chi connectivity index (χ1v) is 23.1. The highest BCUT2D eigenvalue weighted by molar-refractivity contribution is 7.87. The third kappa shape index (κ3) is 12.9. The smallest absolute Gasteiger partial charge is 0.410 e. The zero-order valence-corrected chi connectivity index (χ0v) is 36.8. The maximum absolute atomic E-state index is 12.5. The molecule has 4 heterocycles. The molecule has 2 unspecified atom stereocenters. The van der Waals surface area contributed by atoms with Crippen molar-refractivity contribution in [3.05, 3.63) is 59.7 Å². The van der Waals surface area contributed by atoms with Gasteiger partial charge in [0.2, 0.25) is 0 Å². The molecule has 4 bridgehead atoms. The SMILES string of the molecule is Cc1ccc(S(=O)(=O)OCCOC2C[C@H]3CC[C@@H](C2)N3C(=O)OC(C)(C)C)cc1.Cc1ccc(S(=O)(=O)OCCOC2C[C@H]3CC[C@@H](C2)N3C(=O)OC(C)(C)C)cc1. The molecule has 4 saturated heterocycles. The lowest BCUT2D eigenvalue weighted by Gasteiger charge is -2.39. The molecule has 14 nitrogen and oxygen atoms in total. The van der Waals surface area contributed by atoms with E-state index >= 15 is 0 Å². The molecular formula is C42H62N2O12S2. The molecular weight excluding hydrogens is 789 g/mol. The lowest BCUT2D eigenvalue weighted by Crippen LogP contribution is -2.50. The molecule has 2 amide bonds. The van der Waals surface area contributed by atoms with Crippen molar-refractivity contribution in [2.24, 2.45) is 0 Å². The maximum Gasteiger partial charge on any atom is 0.410 e. The molecule has 4 aliphatic rings. The van der Waals surface area contributed by atoms with Crippen LogP contribution in [0, 0.1) is 13.8 Å². The Balaban J connectivity index is 0.000000221. The number of piperidine rings is 2. The number of carbonyl (C=O) groups excluding carboxylic acids is 2. The van der Waals surface area contributed by atoms with Gasteiger partial charge in [-0.3, -0.25) is 8.37 Å². The van der Waals surface area contributed by atoms with E-state index in [1.807, 2.05) is 65.2 Å². The minimum atomic E-state index is -3.78. The summed E-state index contributed by atoms with van der Waals surface area (Å²) in [5, 5.41) is 0. The first kappa shape index (κ1) is 45.8. The molecule has 6 atom stereocenters. The topological polar surface area (TPSA) is 164 Å². The van der Waals surface area contributed by atoms with Crippen molar-refractivity contribution in [1.82, 2.24) is 9.80 Å². The van der Waals surface area contributed by atoms with Gasteiger partial charge in [-0.05, 0) is 131 Å². The van der Waals surface area contributed by atoms with Crippen LogP contribution in [0.4, 0.5) is 9.59 Å². The first-order chi connectivity index (χ1) is 27.1. The minimum absolute atomic E-state index is 0.00290. The van der Waals surface area contributed by atoms with Gasteiger partial charge in [-0.1, -0.05) is 35.4 Å². The molecule has 16 heteroatoms. The van der Waals surface area contributed by atoms with Gasteiger partial charge >= 0.3 is 12.2 Å². The number of carbonyl (C=O) groups is 2. The highest BCUT2D eigenvalue weighted by Gasteiger charge is 2.46. The average molecular weight is 851 g/mol. The summed E-state index contributed by atoms with van der Waals surface area (Å²) >= 11 is 0. The molecule has 2 aromatic rings. The summed E-state index contributed by atoms with van der Waals surface area (Å²) in [5.74, 6) is 0. The molecule has 0 radical (unpaired) electrons. The van der Waals surface area contributed by atoms with Crippen LogP contribution in [0.5, 0.6) is 0 Å². The van der Waals surface area contributed by atoms with Gasteiger partial charge < -0.3 is 28.7 Å². The molecule has 0 saturated carbocycles. The fourth-order valence-electron chi connectivity index (χ4n) is 8.01. The molecule has 58 heavy (non-hydrogen) atoms. The van der Waals surface area contributed by atoms with E-state index in [-0.39, 0.29) is 84.8 Å². The van der Waals surface area contributed by atoms with Gasteiger partial charge in [-0.25, -0.2) is 9.59 Å². The maximum atomic E-state index is 12.5. The summed E-state index contributed by atoms with van der Waals surface area (Å²) in [4.78, 5) is 29.0. The Bertz CT molecular complexity index is 1740. The van der Waals surface area contributed by atoms with Crippen molar-refractivity contribution < 1.29 is 53.7 Å². The molecule has 4 aliphatic heterocycles. The number of benzene rings is 2. The molecule has 4 fully saturated rings. The van der Waals surface area contributed by atoms with Crippen LogP contribution in [-0.2, 0) is 47.5 Å². The zero-order valence-electron chi connectivity index (χ0n) is 35.2. The molecule has 0 N–H and O–H groups in total. The lowest BCUT2D eigenvalue weighted by atomic mass is 10.0. The largest absolute Gasteiger partial charge is 0.444 e. The van der Waals surface area contributed by atoms with Crippen LogP contribution < -0.4 is 0 Å². The number of rotatable bonds is 12. The van der Waals surface area contributed by atoms with E-state index in [1.54, 1.807) is 24.3 Å². The van der Waals surface area contributed by atoms with Crippen LogP contribution in [0.25, 0.3) is 0 Å². The van der Waals surface area contributed by atoms with Gasteiger partial charge in [-0.2, -0.15) is 16.8 Å². The molecule has 0 aromatic heterocycles. The highest BCUT2D eigenvalue weighted by Crippen LogP contribution is 2.39. The average Bonchev–Trinajstić information content (AvgIpc) is 3.56. The number of hydrogen-bond donors (Lipinski definition) is 0. The van der Waals surface area contributed by atoms with Gasteiger partial charge in [0.25, 0.3) is 20.2 Å². The van der Waals surface area contributed by atoms with E-state index in [4.69, 9.17) is 27.3 Å². The number of fused-ring (bicyclic) bond motifs is 4. The number of hydrogen-bond acceptors (Lipinski definition) is 12. The van der Waals surface area contributed by atoms with Crippen LogP contribution in [0.3, 0.4) is 0 Å². The van der Waals surface area contributed by atoms with E-state index in [9.17, 15) is 26.4 Å². The molecule has 2 aromatic carbocycles. The second-order valence-electron chi connectivity index (χ2n) is 17.7. The zero-order chi connectivity index (χ0) is 42.5. The Morgan fingerprint density at radius 1 is 0.534 bits per heavy atom. The van der Waals surface area contributed by atoms with Crippen LogP contribution in [0.2, 0.25) is 0 Å². The number of nitrogens with zero attached hydrogens (tertiary/aromatic N) is 2. The van der Waals surface area contributed by atoms with Crippen molar-refractivity contribution in [3.63, 3.8) is 0 Å². The highest BCUT2D eigenvalue weighted by atomic mass is 32.2. The number of ether oxygens (including phenoxy) is 4. The van der Waals surface area contributed by atoms with E-state index in [0.717, 1.165) is 62.5 Å². The summed E-state index contributed by atoms with van der Waals surface area (Å²) in [6, 6.07) is 13.6. The van der Waals surface area contributed by atoms with Crippen molar-refractivity contribution >= 4 is 32.4 Å². The fourth-order valence-corrected chi connectivity index (χ4v) is 9.80. The van der Waals surface area contributed by atoms with Crippen LogP contribution in [0.15, 0.2) is 58.3 Å². The van der Waals surface area contributed by atoms with Crippen molar-refractivity contribution in [1.29, 1.82) is 0 Å². The summed E-state index contributed by atoms with van der Waals surface area (Å²) in [6.45, 7) is 15.3. The third-order valence-electron chi connectivity index (χ3n) is 10.6. The second kappa shape index (κ2) is 19.0. The summed E-state index contributed by atoms with van der Waals surface area (Å²) in [6.07, 6.45) is 6.22. The van der Waals surface area contributed by atoms with Crippen LogP contribution in [0.1, 0.15) is 104 Å². The van der Waals surface area contributed by atoms with Crippen LogP contribution in [-0.4, -0.2) is 113 Å². The van der Waals surface area contributed by atoms with E-state index in [1.165, 1.54) is 24.3 Å². The lowest BCUT2D eigenvalue weighted by molar-refractivity contribution is -0.0399. The van der Waals surface area contributed by atoms with Crippen LogP contribution >= 0.6 is 0 Å². The molecule has 6 rings (SSSR count). The Morgan fingerprint density at radius 2 is 0.828 bits per heavy atom. The van der Waals surface area contributed by atoms with Crippen molar-refractivity contribution in [2.75, 3.05) is 26.4 Å². The molecule has 0 aliphatic carbocycles. The molecule has 0 spiro atoms. The summed E-state index contributed by atoms with van der Waals surface area (Å²) in [5.41, 5.74) is 0.952. The Hall–Kier alpha value is -3.28. The van der Waals surface area contributed by atoms with E-state index in [0.29, 0.717) is 0 Å². The van der Waals surface area contributed by atoms with Gasteiger partial charge in [0, 0.05) is 24.2 Å². The Morgan fingerprint density at radius 3 is 1.10 bits per heavy atom. The Kier molecular flexibility index (Phi) is 15.0. The number of aryl methyl sites for hydroxylation is 2.